The van der Waals surface area contributed by atoms with Crippen molar-refractivity contribution in [3.8, 4) is 16.8 Å². The number of para-hydroxylation sites is 1. The van der Waals surface area contributed by atoms with Gasteiger partial charge in [-0.3, -0.25) is 4.57 Å². The fourth-order valence-electron chi connectivity index (χ4n) is 7.09. The van der Waals surface area contributed by atoms with Gasteiger partial charge in [0.1, 0.15) is 5.82 Å². The largest absolute Gasteiger partial charge is 0.297 e. The Morgan fingerprint density at radius 1 is 0.628 bits per heavy atom. The molecule has 0 amide bonds. The molecule has 206 valence electrons. The minimum atomic E-state index is 0.268. The molecule has 43 heavy (non-hydrogen) atoms. The molecule has 0 fully saturated rings. The number of imidazole rings is 1. The topological polar surface area (TPSA) is 17.8 Å². The predicted molar refractivity (Wildman–Crippen MR) is 182 cm³/mol. The van der Waals surface area contributed by atoms with Crippen molar-refractivity contribution < 1.29 is 0 Å². The van der Waals surface area contributed by atoms with Crippen LogP contribution in [-0.4, -0.2) is 9.55 Å². The molecule has 0 N–H and O–H groups in total. The summed E-state index contributed by atoms with van der Waals surface area (Å²) >= 11 is 0. The molecule has 2 nitrogen and oxygen atoms in total. The van der Waals surface area contributed by atoms with Crippen LogP contribution in [-0.2, 0) is 0 Å². The maximum absolute atomic E-state index is 4.85. The Kier molecular flexibility index (Phi) is 6.08. The lowest BCUT2D eigenvalue weighted by atomic mass is 9.76. The molecule has 0 radical (unpaired) electrons. The van der Waals surface area contributed by atoms with Crippen LogP contribution in [0.3, 0.4) is 0 Å². The first-order valence-electron chi connectivity index (χ1n) is 15.1. The molecule has 0 aliphatic heterocycles. The summed E-state index contributed by atoms with van der Waals surface area (Å²) in [7, 11) is 0. The van der Waals surface area contributed by atoms with Crippen molar-refractivity contribution in [1.82, 2.24) is 9.55 Å². The average Bonchev–Trinajstić information content (AvgIpc) is 3.39. The number of aryl methyl sites for hydroxylation is 1. The molecule has 1 aliphatic carbocycles. The number of hydrogen-bond acceptors (Lipinski definition) is 1. The summed E-state index contributed by atoms with van der Waals surface area (Å²) in [5.74, 6) is 1.59. The van der Waals surface area contributed by atoms with E-state index in [9.17, 15) is 0 Å². The van der Waals surface area contributed by atoms with E-state index in [-0.39, 0.29) is 5.92 Å². The van der Waals surface area contributed by atoms with Gasteiger partial charge in [0.25, 0.3) is 0 Å². The number of aromatic nitrogens is 2. The summed E-state index contributed by atoms with van der Waals surface area (Å²) in [6, 6.07) is 45.9. The van der Waals surface area contributed by atoms with Crippen LogP contribution in [0.4, 0.5) is 0 Å². The maximum Gasteiger partial charge on any atom is 0.111 e. The molecule has 1 aliphatic rings. The van der Waals surface area contributed by atoms with Crippen LogP contribution in [0, 0.1) is 12.8 Å². The zero-order chi connectivity index (χ0) is 28.9. The quantitative estimate of drug-likeness (QED) is 0.199. The zero-order valence-corrected chi connectivity index (χ0v) is 24.4. The molecule has 0 saturated heterocycles. The highest BCUT2D eigenvalue weighted by Gasteiger charge is 2.25. The van der Waals surface area contributed by atoms with Crippen molar-refractivity contribution in [2.75, 3.05) is 0 Å². The highest BCUT2D eigenvalue weighted by atomic mass is 15.1. The molecule has 7 aromatic rings. The predicted octanol–water partition coefficient (Wildman–Crippen LogP) is 10.7. The van der Waals surface area contributed by atoms with E-state index in [1.807, 2.05) is 0 Å². The molecule has 0 saturated carbocycles. The van der Waals surface area contributed by atoms with Crippen LogP contribution in [0.1, 0.15) is 29.8 Å². The van der Waals surface area contributed by atoms with Crippen LogP contribution >= 0.6 is 0 Å². The first-order valence-corrected chi connectivity index (χ1v) is 15.1. The van der Waals surface area contributed by atoms with Crippen LogP contribution < -0.4 is 0 Å². The first-order chi connectivity index (χ1) is 21.2. The van der Waals surface area contributed by atoms with Crippen molar-refractivity contribution in [2.45, 2.75) is 19.8 Å². The minimum absolute atomic E-state index is 0.268. The third-order valence-electron chi connectivity index (χ3n) is 9.03. The van der Waals surface area contributed by atoms with E-state index in [4.69, 9.17) is 4.98 Å². The van der Waals surface area contributed by atoms with E-state index in [1.165, 1.54) is 49.4 Å². The Labute approximate surface area is 252 Å². The summed E-state index contributed by atoms with van der Waals surface area (Å²) in [4.78, 5) is 4.85. The number of allylic oxidation sites excluding steroid dienone is 4. The summed E-state index contributed by atoms with van der Waals surface area (Å²) in [6.07, 6.45) is 7.22. The van der Waals surface area contributed by atoms with E-state index in [2.05, 4.69) is 164 Å². The molecule has 1 heterocycles. The summed E-state index contributed by atoms with van der Waals surface area (Å²) in [5, 5.41) is 5.30. The lowest BCUT2D eigenvalue weighted by molar-refractivity contribution is 0.645. The monoisotopic (exact) mass is 552 g/mol. The van der Waals surface area contributed by atoms with Gasteiger partial charge in [0.15, 0.2) is 0 Å². The first kappa shape index (κ1) is 25.5. The average molecular weight is 553 g/mol. The van der Waals surface area contributed by atoms with Gasteiger partial charge in [0, 0.05) is 11.6 Å². The van der Waals surface area contributed by atoms with Gasteiger partial charge >= 0.3 is 0 Å². The lowest BCUT2D eigenvalue weighted by Crippen LogP contribution is -2.11. The SMILES string of the molecule is Cc1nc2ccc(C3=CC(C)C(c4c5ccccc5c(-c5ccccc5)c5ccccc45)C=C3)cc2n1-c1ccccc1. The van der Waals surface area contributed by atoms with E-state index in [0.717, 1.165) is 22.5 Å². The van der Waals surface area contributed by atoms with E-state index < -0.39 is 0 Å². The maximum atomic E-state index is 4.85. The molecule has 0 bridgehead atoms. The van der Waals surface area contributed by atoms with Crippen molar-refractivity contribution >= 4 is 38.2 Å². The molecule has 2 unspecified atom stereocenters. The van der Waals surface area contributed by atoms with E-state index in [1.54, 1.807) is 0 Å². The Morgan fingerprint density at radius 2 is 1.23 bits per heavy atom. The highest BCUT2D eigenvalue weighted by molar-refractivity contribution is 6.15. The summed E-state index contributed by atoms with van der Waals surface area (Å²) in [5.41, 5.74) is 9.77. The highest BCUT2D eigenvalue weighted by Crippen LogP contribution is 2.46. The van der Waals surface area contributed by atoms with Crippen LogP contribution in [0.15, 0.2) is 146 Å². The van der Waals surface area contributed by atoms with E-state index in [0.29, 0.717) is 5.92 Å². The van der Waals surface area contributed by atoms with Crippen molar-refractivity contribution in [3.63, 3.8) is 0 Å². The fourth-order valence-corrected chi connectivity index (χ4v) is 7.09. The molecule has 0 spiro atoms. The van der Waals surface area contributed by atoms with Crippen molar-refractivity contribution in [1.29, 1.82) is 0 Å². The minimum Gasteiger partial charge on any atom is -0.297 e. The number of hydrogen-bond donors (Lipinski definition) is 0. The normalized spacial score (nSPS) is 16.7. The Morgan fingerprint density at radius 3 is 1.88 bits per heavy atom. The molecule has 1 aromatic heterocycles. The second kappa shape index (κ2) is 10.3. The fraction of sp³-hybridized carbons (Fsp3) is 0.0976. The second-order valence-corrected chi connectivity index (χ2v) is 11.6. The van der Waals surface area contributed by atoms with Crippen molar-refractivity contribution in [2.24, 2.45) is 5.92 Å². The second-order valence-electron chi connectivity index (χ2n) is 11.6. The molecule has 8 rings (SSSR count). The third kappa shape index (κ3) is 4.21. The summed E-state index contributed by atoms with van der Waals surface area (Å²) in [6.45, 7) is 4.44. The van der Waals surface area contributed by atoms with Gasteiger partial charge in [-0.1, -0.05) is 128 Å². The van der Waals surface area contributed by atoms with Gasteiger partial charge in [0.2, 0.25) is 0 Å². The Balaban J connectivity index is 1.25. The van der Waals surface area contributed by atoms with Gasteiger partial charge in [-0.2, -0.15) is 0 Å². The van der Waals surface area contributed by atoms with Gasteiger partial charge in [-0.05, 0) is 86.5 Å². The number of rotatable bonds is 4. The lowest BCUT2D eigenvalue weighted by Gasteiger charge is -2.28. The Bertz CT molecular complexity index is 2140. The number of fused-ring (bicyclic) bond motifs is 3. The molecule has 2 heteroatoms. The van der Waals surface area contributed by atoms with Crippen LogP contribution in [0.5, 0.6) is 0 Å². The Hall–Kier alpha value is -5.21. The van der Waals surface area contributed by atoms with Crippen LogP contribution in [0.2, 0.25) is 0 Å². The molecular formula is C41H32N2. The molecule has 2 atom stereocenters. The molecule has 6 aromatic carbocycles. The van der Waals surface area contributed by atoms with Crippen molar-refractivity contribution in [3.05, 3.63) is 163 Å². The van der Waals surface area contributed by atoms with Gasteiger partial charge in [-0.25, -0.2) is 4.98 Å². The third-order valence-corrected chi connectivity index (χ3v) is 9.03. The van der Waals surface area contributed by atoms with Crippen LogP contribution in [0.25, 0.3) is 55.0 Å². The number of nitrogens with zero attached hydrogens (tertiary/aromatic N) is 2. The smallest absolute Gasteiger partial charge is 0.111 e. The number of benzene rings is 6. The standard InChI is InChI=1S/C41H32N2/c1-27-25-30(31-22-24-38-39(26-31)43(28(2)42-38)32-15-7-4-8-16-32)21-23-33(27)41-36-19-11-9-17-34(36)40(29-13-5-3-6-14-29)35-18-10-12-20-37(35)41/h3-27,33H,1-2H3. The van der Waals surface area contributed by atoms with E-state index >= 15 is 0 Å². The van der Waals surface area contributed by atoms with Gasteiger partial charge in [0.05, 0.1) is 11.0 Å². The molecular weight excluding hydrogens is 520 g/mol. The summed E-state index contributed by atoms with van der Waals surface area (Å²) < 4.78 is 2.25. The zero-order valence-electron chi connectivity index (χ0n) is 24.4. The van der Waals surface area contributed by atoms with Gasteiger partial charge in [-0.15, -0.1) is 0 Å². The van der Waals surface area contributed by atoms with Gasteiger partial charge < -0.3 is 0 Å².